The number of aliphatic hydroxyl groups is 1. The largest absolute Gasteiger partial charge is 0.481 e. The van der Waals surface area contributed by atoms with Crippen molar-refractivity contribution in [3.63, 3.8) is 0 Å². The second-order valence-corrected chi connectivity index (χ2v) is 8.30. The van der Waals surface area contributed by atoms with Crippen LogP contribution < -0.4 is 10.6 Å². The van der Waals surface area contributed by atoms with Gasteiger partial charge in [0, 0.05) is 23.0 Å². The molecule has 0 aliphatic carbocycles. The summed E-state index contributed by atoms with van der Waals surface area (Å²) in [5.41, 5.74) is 0.509. The number of halogens is 1. The molecule has 31 heavy (non-hydrogen) atoms. The average molecular weight is 451 g/mol. The Labute approximate surface area is 185 Å². The van der Waals surface area contributed by atoms with Crippen LogP contribution in [0.4, 0.5) is 5.69 Å². The lowest BCUT2D eigenvalue weighted by Crippen LogP contribution is -2.51. The normalized spacial score (nSPS) is 25.5. The average Bonchev–Trinajstić information content (AvgIpc) is 3.34. The number of hydrogen-bond acceptors (Lipinski definition) is 5. The summed E-state index contributed by atoms with van der Waals surface area (Å²) in [5.74, 6) is -2.15. The number of hydrogen-bond donors (Lipinski definition) is 4. The van der Waals surface area contributed by atoms with E-state index < -0.39 is 30.4 Å². The molecule has 0 radical (unpaired) electrons. The van der Waals surface area contributed by atoms with Gasteiger partial charge in [0.15, 0.2) is 0 Å². The lowest BCUT2D eigenvalue weighted by atomic mass is 9.77. The molecule has 1 aromatic rings. The number of allylic oxidation sites excluding steroid dienone is 2. The second-order valence-electron chi connectivity index (χ2n) is 7.86. The molecule has 1 aromatic carbocycles. The van der Waals surface area contributed by atoms with Crippen molar-refractivity contribution in [2.45, 2.75) is 50.4 Å². The Morgan fingerprint density at radius 2 is 1.87 bits per heavy atom. The van der Waals surface area contributed by atoms with Crippen molar-refractivity contribution < 1.29 is 29.3 Å². The molecule has 2 saturated heterocycles. The van der Waals surface area contributed by atoms with Gasteiger partial charge in [-0.3, -0.25) is 14.4 Å². The van der Waals surface area contributed by atoms with Gasteiger partial charge >= 0.3 is 5.97 Å². The molecule has 0 spiro atoms. The molecule has 3 rings (SSSR count). The third-order valence-electron chi connectivity index (χ3n) is 5.75. The number of benzene rings is 1. The highest BCUT2D eigenvalue weighted by atomic mass is 35.5. The zero-order chi connectivity index (χ0) is 22.4. The number of nitrogens with one attached hydrogen (secondary N) is 2. The van der Waals surface area contributed by atoms with E-state index in [9.17, 15) is 19.5 Å². The lowest BCUT2D eigenvalue weighted by Gasteiger charge is -2.28. The van der Waals surface area contributed by atoms with Gasteiger partial charge in [0.2, 0.25) is 11.8 Å². The van der Waals surface area contributed by atoms with Gasteiger partial charge in [-0.05, 0) is 49.9 Å². The molecule has 2 aliphatic rings. The van der Waals surface area contributed by atoms with Crippen LogP contribution >= 0.6 is 11.6 Å². The minimum absolute atomic E-state index is 0.0275. The number of carbonyl (C=O) groups is 3. The molecule has 3 unspecified atom stereocenters. The summed E-state index contributed by atoms with van der Waals surface area (Å²) in [6.45, 7) is -0.535. The van der Waals surface area contributed by atoms with Crippen LogP contribution in [0.2, 0.25) is 5.02 Å². The smallest absolute Gasteiger partial charge is 0.303 e. The first-order valence-corrected chi connectivity index (χ1v) is 10.8. The summed E-state index contributed by atoms with van der Waals surface area (Å²) in [6.07, 6.45) is 6.23. The summed E-state index contributed by atoms with van der Waals surface area (Å²) < 4.78 is 5.93. The van der Waals surface area contributed by atoms with Gasteiger partial charge in [-0.25, -0.2) is 0 Å². The lowest BCUT2D eigenvalue weighted by molar-refractivity contribution is -0.137. The Morgan fingerprint density at radius 1 is 1.16 bits per heavy atom. The minimum atomic E-state index is -1.09. The summed E-state index contributed by atoms with van der Waals surface area (Å²) >= 11 is 5.84. The van der Waals surface area contributed by atoms with E-state index in [-0.39, 0.29) is 30.5 Å². The van der Waals surface area contributed by atoms with E-state index in [1.165, 1.54) is 0 Å². The number of anilines is 1. The predicted molar refractivity (Wildman–Crippen MR) is 115 cm³/mol. The molecule has 4 N–H and O–H groups in total. The number of carboxylic acid groups (broad SMARTS) is 1. The number of carboxylic acids is 1. The second kappa shape index (κ2) is 10.7. The van der Waals surface area contributed by atoms with Gasteiger partial charge < -0.3 is 25.6 Å². The molecule has 8 nitrogen and oxygen atoms in total. The number of ether oxygens (including phenoxy) is 1. The summed E-state index contributed by atoms with van der Waals surface area (Å²) in [6, 6.07) is 5.43. The third kappa shape index (κ3) is 6.06. The fraction of sp³-hybridized carbons (Fsp3) is 0.500. The fourth-order valence-corrected chi connectivity index (χ4v) is 4.37. The van der Waals surface area contributed by atoms with Crippen LogP contribution in [0.5, 0.6) is 0 Å². The quantitative estimate of drug-likeness (QED) is 0.405. The molecule has 0 aromatic heterocycles. The van der Waals surface area contributed by atoms with Gasteiger partial charge in [-0.1, -0.05) is 23.8 Å². The first-order valence-electron chi connectivity index (χ1n) is 10.4. The van der Waals surface area contributed by atoms with Gasteiger partial charge in [-0.15, -0.1) is 0 Å². The van der Waals surface area contributed by atoms with Crippen LogP contribution in [0.15, 0.2) is 36.4 Å². The molecule has 5 atom stereocenters. The maximum atomic E-state index is 13.0. The molecule has 2 fully saturated rings. The van der Waals surface area contributed by atoms with Crippen molar-refractivity contribution in [2.24, 2.45) is 11.8 Å². The van der Waals surface area contributed by atoms with Gasteiger partial charge in [0.25, 0.3) is 0 Å². The molecule has 2 amide bonds. The van der Waals surface area contributed by atoms with Crippen LogP contribution in [0.1, 0.15) is 32.1 Å². The van der Waals surface area contributed by atoms with Crippen LogP contribution in [-0.4, -0.2) is 52.9 Å². The van der Waals surface area contributed by atoms with Crippen LogP contribution in [0.25, 0.3) is 0 Å². The van der Waals surface area contributed by atoms with Gasteiger partial charge in [0.05, 0.1) is 24.7 Å². The van der Waals surface area contributed by atoms with Crippen molar-refractivity contribution in [2.75, 3.05) is 11.9 Å². The first kappa shape index (κ1) is 23.2. The van der Waals surface area contributed by atoms with Crippen molar-refractivity contribution in [1.29, 1.82) is 0 Å². The maximum absolute atomic E-state index is 13.0. The van der Waals surface area contributed by atoms with Crippen LogP contribution in [0, 0.1) is 11.8 Å². The fourth-order valence-electron chi connectivity index (χ4n) is 4.24. The number of fused-ring (bicyclic) bond motifs is 2. The van der Waals surface area contributed by atoms with E-state index in [2.05, 4.69) is 10.6 Å². The molecule has 2 heterocycles. The van der Waals surface area contributed by atoms with Crippen LogP contribution in [-0.2, 0) is 19.1 Å². The number of aliphatic carboxylic acids is 1. The maximum Gasteiger partial charge on any atom is 0.303 e. The number of aliphatic hydroxyl groups excluding tert-OH is 1. The SMILES string of the molecule is O=C(O)CC/C=C/C[C@H]1C(C(=O)NC(CO)C(=O)Nc2ccc(Cl)cc2)C2CC[C@H]1O2. The molecule has 9 heteroatoms. The summed E-state index contributed by atoms with van der Waals surface area (Å²) in [7, 11) is 0. The topological polar surface area (TPSA) is 125 Å². The van der Waals surface area contributed by atoms with E-state index >= 15 is 0 Å². The van der Waals surface area contributed by atoms with Crippen molar-refractivity contribution in [3.05, 3.63) is 41.4 Å². The monoisotopic (exact) mass is 450 g/mol. The first-order chi connectivity index (χ1) is 14.9. The van der Waals surface area contributed by atoms with Crippen LogP contribution in [0.3, 0.4) is 0 Å². The van der Waals surface area contributed by atoms with E-state index in [4.69, 9.17) is 21.4 Å². The van der Waals surface area contributed by atoms with Crippen molar-refractivity contribution in [1.82, 2.24) is 5.32 Å². The number of amides is 2. The highest BCUT2D eigenvalue weighted by Crippen LogP contribution is 2.45. The highest BCUT2D eigenvalue weighted by molar-refractivity contribution is 6.30. The van der Waals surface area contributed by atoms with Gasteiger partial charge in [0.1, 0.15) is 6.04 Å². The highest BCUT2D eigenvalue weighted by Gasteiger charge is 2.51. The zero-order valence-electron chi connectivity index (χ0n) is 17.0. The molecule has 2 aliphatic heterocycles. The minimum Gasteiger partial charge on any atom is -0.481 e. The Balaban J connectivity index is 1.58. The van der Waals surface area contributed by atoms with E-state index in [1.54, 1.807) is 24.3 Å². The molecule has 0 saturated carbocycles. The van der Waals surface area contributed by atoms with E-state index in [1.807, 2.05) is 12.2 Å². The summed E-state index contributed by atoms with van der Waals surface area (Å²) in [4.78, 5) is 36.1. The Hall–Kier alpha value is -2.42. The number of rotatable bonds is 10. The standard InChI is InChI=1S/C22H27ClN2O6/c23-13-6-8-14(9-7-13)24-21(29)16(12-26)25-22(30)20-15(17-10-11-18(20)31-17)4-2-1-3-5-19(27)28/h1-2,6-9,15-18,20,26H,3-5,10-12H2,(H,24,29)(H,25,30)(H,27,28)/b2-1+/t15-,16?,17-,18?,20?/m1/s1. The molecule has 2 bridgehead atoms. The molecular weight excluding hydrogens is 424 g/mol. The Morgan fingerprint density at radius 3 is 2.55 bits per heavy atom. The third-order valence-corrected chi connectivity index (χ3v) is 6.01. The van der Waals surface area contributed by atoms with Gasteiger partial charge in [-0.2, -0.15) is 0 Å². The molecule has 168 valence electrons. The van der Waals surface area contributed by atoms with E-state index in [0.29, 0.717) is 23.6 Å². The van der Waals surface area contributed by atoms with Crippen molar-refractivity contribution in [3.8, 4) is 0 Å². The predicted octanol–water partition coefficient (Wildman–Crippen LogP) is 2.36. The van der Waals surface area contributed by atoms with E-state index in [0.717, 1.165) is 12.8 Å². The number of carbonyl (C=O) groups excluding carboxylic acids is 2. The summed E-state index contributed by atoms with van der Waals surface area (Å²) in [5, 5.41) is 24.2. The zero-order valence-corrected chi connectivity index (χ0v) is 17.8. The Kier molecular flexibility index (Phi) is 8.06. The molecular formula is C22H27ClN2O6. The van der Waals surface area contributed by atoms with Crippen molar-refractivity contribution >= 4 is 35.1 Å². The Bertz CT molecular complexity index is 828.